The van der Waals surface area contributed by atoms with Gasteiger partial charge >= 0.3 is 0 Å². The zero-order valence-corrected chi connectivity index (χ0v) is 18.3. The van der Waals surface area contributed by atoms with Crippen LogP contribution in [-0.4, -0.2) is 50.6 Å². The molecule has 0 aromatic carbocycles. The lowest BCUT2D eigenvalue weighted by molar-refractivity contribution is 0.101. The molecular formula is C23H25N5O4. The van der Waals surface area contributed by atoms with Gasteiger partial charge in [0, 0.05) is 37.2 Å². The van der Waals surface area contributed by atoms with Crippen LogP contribution in [0.2, 0.25) is 0 Å². The third-order valence-electron chi connectivity index (χ3n) is 5.42. The summed E-state index contributed by atoms with van der Waals surface area (Å²) in [5, 5.41) is 7.06. The van der Waals surface area contributed by atoms with E-state index in [0.29, 0.717) is 36.9 Å². The van der Waals surface area contributed by atoms with Gasteiger partial charge in [0.1, 0.15) is 23.1 Å². The lowest BCUT2D eigenvalue weighted by atomic mass is 10.0. The maximum Gasteiger partial charge on any atom is 0.262 e. The van der Waals surface area contributed by atoms with E-state index in [1.165, 1.54) is 0 Å². The second kappa shape index (κ2) is 7.90. The van der Waals surface area contributed by atoms with Gasteiger partial charge < -0.3 is 19.5 Å². The van der Waals surface area contributed by atoms with Crippen LogP contribution in [0.3, 0.4) is 0 Å². The first-order valence-corrected chi connectivity index (χ1v) is 10.6. The third kappa shape index (κ3) is 4.16. The zero-order valence-electron chi connectivity index (χ0n) is 18.3. The molecule has 1 N–H and O–H groups in total. The summed E-state index contributed by atoms with van der Waals surface area (Å²) in [5.74, 6) is 0.855. The van der Waals surface area contributed by atoms with Gasteiger partial charge in [0.2, 0.25) is 11.8 Å². The number of carbonyl (C=O) groups excluding carboxylic acids is 1. The van der Waals surface area contributed by atoms with E-state index in [2.05, 4.69) is 20.4 Å². The van der Waals surface area contributed by atoms with Gasteiger partial charge in [-0.15, -0.1) is 0 Å². The first-order chi connectivity index (χ1) is 15.4. The van der Waals surface area contributed by atoms with Gasteiger partial charge in [-0.25, -0.2) is 4.98 Å². The lowest BCUT2D eigenvalue weighted by Crippen LogP contribution is -2.24. The van der Waals surface area contributed by atoms with Crippen molar-refractivity contribution in [3.63, 3.8) is 0 Å². The number of anilines is 1. The molecule has 5 heterocycles. The van der Waals surface area contributed by atoms with Gasteiger partial charge in [-0.1, -0.05) is 6.07 Å². The summed E-state index contributed by atoms with van der Waals surface area (Å²) in [7, 11) is 1.85. The molecule has 0 radical (unpaired) electrons. The topological polar surface area (TPSA) is 100 Å². The van der Waals surface area contributed by atoms with Crippen molar-refractivity contribution in [3.05, 3.63) is 47.8 Å². The number of nitrogens with zero attached hydrogens (tertiary/aromatic N) is 4. The van der Waals surface area contributed by atoms with E-state index < -0.39 is 0 Å². The second-order valence-electron chi connectivity index (χ2n) is 8.71. The normalized spacial score (nSPS) is 18.8. The molecule has 1 amide bonds. The number of aromatic nitrogens is 4. The predicted octanol–water partition coefficient (Wildman–Crippen LogP) is 3.01. The molecule has 0 bridgehead atoms. The fourth-order valence-corrected chi connectivity index (χ4v) is 3.91. The van der Waals surface area contributed by atoms with Crippen LogP contribution < -0.4 is 14.8 Å². The number of hydrogen-bond donors (Lipinski definition) is 1. The average Bonchev–Trinajstić information content (AvgIpc) is 3.47. The van der Waals surface area contributed by atoms with Crippen molar-refractivity contribution < 1.29 is 19.0 Å². The van der Waals surface area contributed by atoms with E-state index in [9.17, 15) is 4.79 Å². The van der Waals surface area contributed by atoms with Crippen LogP contribution in [0.4, 0.5) is 5.82 Å². The van der Waals surface area contributed by atoms with Crippen molar-refractivity contribution in [1.29, 1.82) is 0 Å². The Morgan fingerprint density at radius 3 is 2.94 bits per heavy atom. The lowest BCUT2D eigenvalue weighted by Gasteiger charge is -2.17. The van der Waals surface area contributed by atoms with Crippen LogP contribution in [0.5, 0.6) is 11.8 Å². The van der Waals surface area contributed by atoms with E-state index in [0.717, 1.165) is 23.2 Å². The Labute approximate surface area is 185 Å². The fourth-order valence-electron chi connectivity index (χ4n) is 3.91. The average molecular weight is 435 g/mol. The molecule has 1 saturated heterocycles. The summed E-state index contributed by atoms with van der Waals surface area (Å²) >= 11 is 0. The predicted molar refractivity (Wildman–Crippen MR) is 117 cm³/mol. The molecule has 0 unspecified atom stereocenters. The molecule has 0 aliphatic carbocycles. The Hall–Kier alpha value is -3.46. The van der Waals surface area contributed by atoms with Gasteiger partial charge in [-0.3, -0.25) is 9.48 Å². The zero-order chi connectivity index (χ0) is 22.3. The number of hydrogen-bond acceptors (Lipinski definition) is 7. The van der Waals surface area contributed by atoms with E-state index >= 15 is 0 Å². The first-order valence-electron chi connectivity index (χ1n) is 10.6. The Bertz CT molecular complexity index is 1170. The highest BCUT2D eigenvalue weighted by Crippen LogP contribution is 2.37. The molecule has 1 fully saturated rings. The van der Waals surface area contributed by atoms with Crippen LogP contribution in [0, 0.1) is 0 Å². The quantitative estimate of drug-likeness (QED) is 0.657. The number of amides is 1. The maximum atomic E-state index is 13.3. The van der Waals surface area contributed by atoms with Crippen LogP contribution >= 0.6 is 0 Å². The minimum Gasteiger partial charge on any atom is -0.471 e. The number of rotatable bonds is 5. The number of nitrogens with one attached hydrogen (secondary N) is 1. The third-order valence-corrected chi connectivity index (χ3v) is 5.42. The minimum absolute atomic E-state index is 0.145. The van der Waals surface area contributed by atoms with E-state index in [1.807, 2.05) is 45.3 Å². The summed E-state index contributed by atoms with van der Waals surface area (Å²) in [6, 6.07) is 7.27. The summed E-state index contributed by atoms with van der Waals surface area (Å²) in [6.07, 6.45) is 4.87. The number of ether oxygens (including phenoxy) is 3. The van der Waals surface area contributed by atoms with Crippen LogP contribution in [0.25, 0.3) is 11.3 Å². The molecule has 5 rings (SSSR count). The van der Waals surface area contributed by atoms with Gasteiger partial charge in [-0.2, -0.15) is 10.1 Å². The number of fused-ring (bicyclic) bond motifs is 1. The standard InChI is InChI=1S/C23H25N5O4/c1-23(2)10-14-9-17(22(27-21(14)32-23)31-16-7-8-30-13-16)20(29)26-19-6-4-5-18(25-19)15-11-24-28(3)12-15/h4-6,9,11-12,16H,7-8,10,13H2,1-3H3,(H,25,26,29)/t16-/m0/s1. The van der Waals surface area contributed by atoms with Crippen LogP contribution in [0.1, 0.15) is 36.2 Å². The van der Waals surface area contributed by atoms with Gasteiger partial charge in [0.25, 0.3) is 5.91 Å². The Balaban J connectivity index is 1.44. The smallest absolute Gasteiger partial charge is 0.262 e. The first kappa shape index (κ1) is 20.4. The highest BCUT2D eigenvalue weighted by atomic mass is 16.6. The molecular weight excluding hydrogens is 410 g/mol. The van der Waals surface area contributed by atoms with E-state index in [-0.39, 0.29) is 23.5 Å². The number of aryl methyl sites for hydroxylation is 1. The van der Waals surface area contributed by atoms with E-state index in [4.69, 9.17) is 14.2 Å². The maximum absolute atomic E-state index is 13.3. The molecule has 0 saturated carbocycles. The summed E-state index contributed by atoms with van der Waals surface area (Å²) in [6.45, 7) is 5.09. The molecule has 9 nitrogen and oxygen atoms in total. The van der Waals surface area contributed by atoms with Crippen molar-refractivity contribution in [2.75, 3.05) is 18.5 Å². The van der Waals surface area contributed by atoms with Crippen molar-refractivity contribution in [2.45, 2.75) is 38.4 Å². The molecule has 2 aliphatic rings. The van der Waals surface area contributed by atoms with Gasteiger partial charge in [0.15, 0.2) is 0 Å². The highest BCUT2D eigenvalue weighted by molar-refractivity contribution is 6.05. The number of pyridine rings is 2. The molecule has 3 aromatic rings. The Kier molecular flexibility index (Phi) is 5.05. The van der Waals surface area contributed by atoms with Crippen molar-refractivity contribution >= 4 is 11.7 Å². The molecule has 9 heteroatoms. The van der Waals surface area contributed by atoms with Crippen molar-refractivity contribution in [2.24, 2.45) is 7.05 Å². The summed E-state index contributed by atoms with van der Waals surface area (Å²) in [5.41, 5.74) is 2.44. The largest absolute Gasteiger partial charge is 0.471 e. The SMILES string of the molecule is Cn1cc(-c2cccc(NC(=O)c3cc4c(nc3O[C@H]3CCOC3)OC(C)(C)C4)n2)cn1. The fraction of sp³-hybridized carbons (Fsp3) is 0.391. The minimum atomic E-state index is -0.377. The van der Waals surface area contributed by atoms with E-state index in [1.54, 1.807) is 16.9 Å². The van der Waals surface area contributed by atoms with Crippen LogP contribution in [-0.2, 0) is 18.2 Å². The molecule has 3 aromatic heterocycles. The van der Waals surface area contributed by atoms with Gasteiger partial charge in [0.05, 0.1) is 25.1 Å². The molecule has 1 atom stereocenters. The summed E-state index contributed by atoms with van der Waals surface area (Å²) < 4.78 is 19.1. The van der Waals surface area contributed by atoms with Crippen molar-refractivity contribution in [3.8, 4) is 23.0 Å². The number of carbonyl (C=O) groups is 1. The van der Waals surface area contributed by atoms with Crippen LogP contribution in [0.15, 0.2) is 36.7 Å². The Morgan fingerprint density at radius 1 is 1.31 bits per heavy atom. The molecule has 32 heavy (non-hydrogen) atoms. The van der Waals surface area contributed by atoms with Crippen molar-refractivity contribution in [1.82, 2.24) is 19.7 Å². The Morgan fingerprint density at radius 2 is 2.19 bits per heavy atom. The molecule has 166 valence electrons. The monoisotopic (exact) mass is 435 g/mol. The highest BCUT2D eigenvalue weighted by Gasteiger charge is 2.34. The van der Waals surface area contributed by atoms with Gasteiger partial charge in [-0.05, 0) is 32.0 Å². The second-order valence-corrected chi connectivity index (χ2v) is 8.71. The molecule has 0 spiro atoms. The molecule has 2 aliphatic heterocycles. The summed E-state index contributed by atoms with van der Waals surface area (Å²) in [4.78, 5) is 22.4.